The Labute approximate surface area is 110 Å². The molecule has 0 aliphatic carbocycles. The van der Waals surface area contributed by atoms with Crippen molar-refractivity contribution in [3.05, 3.63) is 54.2 Å². The van der Waals surface area contributed by atoms with Crippen LogP contribution in [0.4, 0.5) is 4.39 Å². The van der Waals surface area contributed by atoms with E-state index >= 15 is 0 Å². The molecule has 0 aromatic carbocycles. The molecule has 0 amide bonds. The highest BCUT2D eigenvalue weighted by molar-refractivity contribution is 7.89. The van der Waals surface area contributed by atoms with Gasteiger partial charge in [-0.3, -0.25) is 4.98 Å². The minimum Gasteiger partial charge on any atom is -0.260 e. The monoisotopic (exact) mass is 281 g/mol. The topological polar surface area (TPSA) is 63.2 Å². The van der Waals surface area contributed by atoms with E-state index in [2.05, 4.69) is 9.97 Å². The summed E-state index contributed by atoms with van der Waals surface area (Å²) in [6.45, 7) is 0.0547. The van der Waals surface area contributed by atoms with Crippen LogP contribution in [0.1, 0.15) is 5.69 Å². The predicted octanol–water partition coefficient (Wildman–Crippen LogP) is 1.44. The SMILES string of the molecule is CN(Cc1ccccn1)S(=O)(=O)c1ncccc1F. The summed E-state index contributed by atoms with van der Waals surface area (Å²) in [5.41, 5.74) is 0.574. The Morgan fingerprint density at radius 1 is 1.16 bits per heavy atom. The number of rotatable bonds is 4. The summed E-state index contributed by atoms with van der Waals surface area (Å²) in [5, 5.41) is -0.576. The molecule has 7 heteroatoms. The van der Waals surface area contributed by atoms with Crippen molar-refractivity contribution < 1.29 is 12.8 Å². The van der Waals surface area contributed by atoms with Crippen LogP contribution < -0.4 is 0 Å². The van der Waals surface area contributed by atoms with Crippen LogP contribution in [0.15, 0.2) is 47.8 Å². The van der Waals surface area contributed by atoms with Gasteiger partial charge in [-0.05, 0) is 24.3 Å². The van der Waals surface area contributed by atoms with Gasteiger partial charge in [0.1, 0.15) is 0 Å². The van der Waals surface area contributed by atoms with Gasteiger partial charge in [-0.25, -0.2) is 17.8 Å². The van der Waals surface area contributed by atoms with Crippen LogP contribution in [0.2, 0.25) is 0 Å². The van der Waals surface area contributed by atoms with Gasteiger partial charge in [0, 0.05) is 19.4 Å². The third-order valence-corrected chi connectivity index (χ3v) is 4.23. The maximum atomic E-state index is 13.5. The molecule has 2 aromatic rings. The number of halogens is 1. The molecular weight excluding hydrogens is 269 g/mol. The summed E-state index contributed by atoms with van der Waals surface area (Å²) in [6.07, 6.45) is 2.81. The molecule has 2 heterocycles. The van der Waals surface area contributed by atoms with Crippen molar-refractivity contribution in [3.8, 4) is 0 Å². The molecule has 0 aliphatic heterocycles. The molecule has 2 aromatic heterocycles. The molecule has 0 atom stereocenters. The fourth-order valence-corrected chi connectivity index (χ4v) is 2.62. The lowest BCUT2D eigenvalue weighted by molar-refractivity contribution is 0.451. The highest BCUT2D eigenvalue weighted by atomic mass is 32.2. The summed E-state index contributed by atoms with van der Waals surface area (Å²) >= 11 is 0. The van der Waals surface area contributed by atoms with Gasteiger partial charge in [-0.15, -0.1) is 0 Å². The van der Waals surface area contributed by atoms with Crippen LogP contribution >= 0.6 is 0 Å². The molecule has 0 fully saturated rings. The van der Waals surface area contributed by atoms with Crippen molar-refractivity contribution >= 4 is 10.0 Å². The van der Waals surface area contributed by atoms with Gasteiger partial charge >= 0.3 is 0 Å². The Morgan fingerprint density at radius 3 is 2.53 bits per heavy atom. The summed E-state index contributed by atoms with van der Waals surface area (Å²) in [4.78, 5) is 7.62. The van der Waals surface area contributed by atoms with Crippen molar-refractivity contribution in [1.29, 1.82) is 0 Å². The first-order valence-corrected chi connectivity index (χ1v) is 6.92. The molecule has 0 spiro atoms. The Balaban J connectivity index is 2.28. The van der Waals surface area contributed by atoms with Gasteiger partial charge in [0.15, 0.2) is 5.82 Å². The highest BCUT2D eigenvalue weighted by Crippen LogP contribution is 2.16. The summed E-state index contributed by atoms with van der Waals surface area (Å²) in [5.74, 6) is -0.865. The first kappa shape index (κ1) is 13.6. The molecule has 19 heavy (non-hydrogen) atoms. The molecule has 0 saturated heterocycles. The van der Waals surface area contributed by atoms with E-state index in [4.69, 9.17) is 0 Å². The number of pyridine rings is 2. The number of aromatic nitrogens is 2. The third-order valence-electron chi connectivity index (χ3n) is 2.49. The lowest BCUT2D eigenvalue weighted by Gasteiger charge is -2.16. The Morgan fingerprint density at radius 2 is 1.89 bits per heavy atom. The summed E-state index contributed by atoms with van der Waals surface area (Å²) in [7, 11) is -2.60. The molecular formula is C12H12FN3O2S. The predicted molar refractivity (Wildman–Crippen MR) is 67.1 cm³/mol. The Hall–Kier alpha value is -1.86. The fourth-order valence-electron chi connectivity index (χ4n) is 1.51. The number of hydrogen-bond donors (Lipinski definition) is 0. The van der Waals surface area contributed by atoms with Crippen LogP contribution in [0.3, 0.4) is 0 Å². The normalized spacial score (nSPS) is 11.7. The average Bonchev–Trinajstić information content (AvgIpc) is 2.40. The Kier molecular flexibility index (Phi) is 3.87. The van der Waals surface area contributed by atoms with E-state index in [0.717, 1.165) is 10.4 Å². The third kappa shape index (κ3) is 2.94. The lowest BCUT2D eigenvalue weighted by atomic mass is 10.3. The fraction of sp³-hybridized carbons (Fsp3) is 0.167. The summed E-state index contributed by atoms with van der Waals surface area (Å²) in [6, 6.07) is 7.59. The first-order valence-electron chi connectivity index (χ1n) is 5.48. The molecule has 0 radical (unpaired) electrons. The maximum Gasteiger partial charge on any atom is 0.263 e. The minimum atomic E-state index is -3.96. The van der Waals surface area contributed by atoms with E-state index in [0.29, 0.717) is 5.69 Å². The van der Waals surface area contributed by atoms with Crippen molar-refractivity contribution in [1.82, 2.24) is 14.3 Å². The minimum absolute atomic E-state index is 0.0547. The van der Waals surface area contributed by atoms with Crippen LogP contribution in [0.25, 0.3) is 0 Å². The molecule has 0 unspecified atom stereocenters. The quantitative estimate of drug-likeness (QED) is 0.850. The first-order chi connectivity index (χ1) is 9.01. The van der Waals surface area contributed by atoms with Crippen LogP contribution in [-0.4, -0.2) is 29.7 Å². The number of hydrogen-bond acceptors (Lipinski definition) is 4. The second-order valence-corrected chi connectivity index (χ2v) is 5.83. The second kappa shape index (κ2) is 5.41. The molecule has 0 saturated carbocycles. The average molecular weight is 281 g/mol. The van der Waals surface area contributed by atoms with Gasteiger partial charge in [0.25, 0.3) is 10.0 Å². The zero-order valence-electron chi connectivity index (χ0n) is 10.2. The zero-order chi connectivity index (χ0) is 13.9. The van der Waals surface area contributed by atoms with Crippen LogP contribution in [-0.2, 0) is 16.6 Å². The van der Waals surface area contributed by atoms with Crippen LogP contribution in [0.5, 0.6) is 0 Å². The van der Waals surface area contributed by atoms with E-state index in [-0.39, 0.29) is 6.54 Å². The van der Waals surface area contributed by atoms with E-state index in [1.165, 1.54) is 19.3 Å². The maximum absolute atomic E-state index is 13.5. The van der Waals surface area contributed by atoms with Crippen molar-refractivity contribution in [2.75, 3.05) is 7.05 Å². The van der Waals surface area contributed by atoms with E-state index in [9.17, 15) is 12.8 Å². The summed E-state index contributed by atoms with van der Waals surface area (Å²) < 4.78 is 38.8. The van der Waals surface area contributed by atoms with Crippen LogP contribution in [0, 0.1) is 5.82 Å². The number of nitrogens with zero attached hydrogens (tertiary/aromatic N) is 3. The molecule has 0 N–H and O–H groups in total. The molecule has 2 rings (SSSR count). The van der Waals surface area contributed by atoms with Crippen molar-refractivity contribution in [3.63, 3.8) is 0 Å². The van der Waals surface area contributed by atoms with E-state index in [1.807, 2.05) is 0 Å². The molecule has 5 nitrogen and oxygen atoms in total. The molecule has 0 aliphatic rings. The van der Waals surface area contributed by atoms with Gasteiger partial charge in [0.2, 0.25) is 5.03 Å². The Bertz CT molecular complexity index is 662. The van der Waals surface area contributed by atoms with Crippen molar-refractivity contribution in [2.24, 2.45) is 0 Å². The highest BCUT2D eigenvalue weighted by Gasteiger charge is 2.26. The zero-order valence-corrected chi connectivity index (χ0v) is 11.0. The van der Waals surface area contributed by atoms with Gasteiger partial charge in [0.05, 0.1) is 12.2 Å². The van der Waals surface area contributed by atoms with Gasteiger partial charge in [-0.1, -0.05) is 6.07 Å². The van der Waals surface area contributed by atoms with Crippen molar-refractivity contribution in [2.45, 2.75) is 11.6 Å². The lowest BCUT2D eigenvalue weighted by Crippen LogP contribution is -2.28. The second-order valence-electron chi connectivity index (χ2n) is 3.87. The smallest absolute Gasteiger partial charge is 0.260 e. The van der Waals surface area contributed by atoms with Gasteiger partial charge < -0.3 is 0 Å². The molecule has 0 bridgehead atoms. The van der Waals surface area contributed by atoms with E-state index < -0.39 is 20.9 Å². The number of sulfonamides is 1. The molecule has 100 valence electrons. The van der Waals surface area contributed by atoms with E-state index in [1.54, 1.807) is 24.4 Å². The standard InChI is InChI=1S/C12H12FN3O2S/c1-16(9-10-5-2-3-7-14-10)19(17,18)12-11(13)6-4-8-15-12/h2-8H,9H2,1H3. The largest absolute Gasteiger partial charge is 0.263 e. The van der Waals surface area contributed by atoms with Gasteiger partial charge in [-0.2, -0.15) is 4.31 Å².